The zero-order chi connectivity index (χ0) is 18.1. The fourth-order valence-corrected chi connectivity index (χ4v) is 3.36. The molecule has 1 fully saturated rings. The second kappa shape index (κ2) is 6.67. The van der Waals surface area contributed by atoms with Gasteiger partial charge in [-0.05, 0) is 61.7 Å². The van der Waals surface area contributed by atoms with Crippen LogP contribution in [0.3, 0.4) is 0 Å². The van der Waals surface area contributed by atoms with Gasteiger partial charge in [0.2, 0.25) is 0 Å². The molecule has 4 rings (SSSR count). The van der Waals surface area contributed by atoms with Crippen LogP contribution in [0, 0.1) is 6.92 Å². The Morgan fingerprint density at radius 2 is 1.73 bits per heavy atom. The van der Waals surface area contributed by atoms with Gasteiger partial charge in [-0.1, -0.05) is 12.1 Å². The van der Waals surface area contributed by atoms with Crippen molar-refractivity contribution in [2.24, 2.45) is 0 Å². The molecule has 1 aliphatic rings. The topological polar surface area (TPSA) is 65.2 Å². The lowest BCUT2D eigenvalue weighted by atomic mass is 10.1. The van der Waals surface area contributed by atoms with Crippen molar-refractivity contribution in [2.75, 3.05) is 18.4 Å². The van der Waals surface area contributed by atoms with E-state index in [-0.39, 0.29) is 11.8 Å². The summed E-state index contributed by atoms with van der Waals surface area (Å²) < 4.78 is 0. The average Bonchev–Trinajstić information content (AvgIpc) is 3.31. The normalized spacial score (nSPS) is 14.0. The van der Waals surface area contributed by atoms with Crippen molar-refractivity contribution in [3.8, 4) is 0 Å². The molecule has 0 atom stereocenters. The molecule has 0 saturated carbocycles. The molecule has 132 valence electrons. The van der Waals surface area contributed by atoms with E-state index in [9.17, 15) is 9.59 Å². The molecule has 0 aliphatic carbocycles. The van der Waals surface area contributed by atoms with E-state index in [1.807, 2.05) is 36.1 Å². The van der Waals surface area contributed by atoms with Gasteiger partial charge >= 0.3 is 0 Å². The standard InChI is InChI=1S/C21H21N3O2/c1-14-4-5-16-13-19(23-18(16)12-14)20(25)22-17-8-6-15(7-9-17)21(26)24-10-2-3-11-24/h4-9,12-13,23H,2-3,10-11H2,1H3,(H,22,25). The predicted octanol–water partition coefficient (Wildman–Crippen LogP) is 3.96. The molecule has 2 amide bonds. The molecule has 2 aromatic carbocycles. The number of aryl methyl sites for hydroxylation is 1. The minimum Gasteiger partial charge on any atom is -0.351 e. The number of hydrogen-bond donors (Lipinski definition) is 2. The van der Waals surface area contributed by atoms with Crippen LogP contribution < -0.4 is 5.32 Å². The highest BCUT2D eigenvalue weighted by Gasteiger charge is 2.19. The molecular formula is C21H21N3O2. The zero-order valence-corrected chi connectivity index (χ0v) is 14.7. The zero-order valence-electron chi connectivity index (χ0n) is 14.7. The lowest BCUT2D eigenvalue weighted by molar-refractivity contribution is 0.0792. The molecule has 1 aromatic heterocycles. The first-order valence-electron chi connectivity index (χ1n) is 8.90. The van der Waals surface area contributed by atoms with Crippen molar-refractivity contribution in [1.29, 1.82) is 0 Å². The van der Waals surface area contributed by atoms with Gasteiger partial charge in [-0.3, -0.25) is 9.59 Å². The van der Waals surface area contributed by atoms with Crippen molar-refractivity contribution in [1.82, 2.24) is 9.88 Å². The molecular weight excluding hydrogens is 326 g/mol. The minimum atomic E-state index is -0.197. The van der Waals surface area contributed by atoms with E-state index in [1.165, 1.54) is 0 Å². The first-order valence-corrected chi connectivity index (χ1v) is 8.90. The Hall–Kier alpha value is -3.08. The highest BCUT2D eigenvalue weighted by Crippen LogP contribution is 2.19. The van der Waals surface area contributed by atoms with E-state index < -0.39 is 0 Å². The van der Waals surface area contributed by atoms with Gasteiger partial charge in [-0.15, -0.1) is 0 Å². The maximum absolute atomic E-state index is 12.5. The van der Waals surface area contributed by atoms with Crippen LogP contribution in [0.2, 0.25) is 0 Å². The lowest BCUT2D eigenvalue weighted by Gasteiger charge is -2.15. The van der Waals surface area contributed by atoms with E-state index in [0.29, 0.717) is 16.9 Å². The summed E-state index contributed by atoms with van der Waals surface area (Å²) in [5.41, 5.74) is 3.93. The van der Waals surface area contributed by atoms with Gasteiger partial charge < -0.3 is 15.2 Å². The Morgan fingerprint density at radius 3 is 2.46 bits per heavy atom. The number of nitrogens with zero attached hydrogens (tertiary/aromatic N) is 1. The number of benzene rings is 2. The van der Waals surface area contributed by atoms with Crippen LogP contribution in [0.1, 0.15) is 39.3 Å². The summed E-state index contributed by atoms with van der Waals surface area (Å²) in [6.45, 7) is 3.68. The SMILES string of the molecule is Cc1ccc2cc(C(=O)Nc3ccc(C(=O)N4CCCC4)cc3)[nH]c2c1. The number of carbonyl (C=O) groups excluding carboxylic acids is 2. The smallest absolute Gasteiger partial charge is 0.272 e. The third-order valence-corrected chi connectivity index (χ3v) is 4.81. The van der Waals surface area contributed by atoms with Gasteiger partial charge in [0.1, 0.15) is 5.69 Å². The summed E-state index contributed by atoms with van der Waals surface area (Å²) in [5, 5.41) is 3.88. The van der Waals surface area contributed by atoms with Crippen molar-refractivity contribution >= 4 is 28.4 Å². The van der Waals surface area contributed by atoms with Crippen molar-refractivity contribution < 1.29 is 9.59 Å². The molecule has 5 nitrogen and oxygen atoms in total. The molecule has 1 aliphatic heterocycles. The Labute approximate surface area is 152 Å². The highest BCUT2D eigenvalue weighted by molar-refractivity contribution is 6.06. The summed E-state index contributed by atoms with van der Waals surface area (Å²) in [6.07, 6.45) is 2.15. The second-order valence-corrected chi connectivity index (χ2v) is 6.80. The van der Waals surface area contributed by atoms with Crippen molar-refractivity contribution in [3.63, 3.8) is 0 Å². The van der Waals surface area contributed by atoms with Crippen LogP contribution in [0.5, 0.6) is 0 Å². The van der Waals surface area contributed by atoms with E-state index in [1.54, 1.807) is 24.3 Å². The predicted molar refractivity (Wildman–Crippen MR) is 103 cm³/mol. The summed E-state index contributed by atoms with van der Waals surface area (Å²) in [7, 11) is 0. The number of amides is 2. The Bertz CT molecular complexity index is 967. The molecule has 5 heteroatoms. The molecule has 0 bridgehead atoms. The number of aromatic amines is 1. The van der Waals surface area contributed by atoms with Crippen LogP contribution in [0.25, 0.3) is 10.9 Å². The van der Waals surface area contributed by atoms with Gasteiger partial charge in [0.05, 0.1) is 0 Å². The highest BCUT2D eigenvalue weighted by atomic mass is 16.2. The van der Waals surface area contributed by atoms with Crippen molar-refractivity contribution in [2.45, 2.75) is 19.8 Å². The fourth-order valence-electron chi connectivity index (χ4n) is 3.36. The van der Waals surface area contributed by atoms with E-state index >= 15 is 0 Å². The number of rotatable bonds is 3. The van der Waals surface area contributed by atoms with Crippen LogP contribution in [-0.2, 0) is 0 Å². The molecule has 1 saturated heterocycles. The summed E-state index contributed by atoms with van der Waals surface area (Å²) in [4.78, 5) is 29.9. The summed E-state index contributed by atoms with van der Waals surface area (Å²) in [5.74, 6) is -0.135. The molecule has 0 spiro atoms. The fraction of sp³-hybridized carbons (Fsp3) is 0.238. The van der Waals surface area contributed by atoms with Gasteiger partial charge in [-0.2, -0.15) is 0 Å². The van der Waals surface area contributed by atoms with Crippen LogP contribution in [0.15, 0.2) is 48.5 Å². The molecule has 2 N–H and O–H groups in total. The second-order valence-electron chi connectivity index (χ2n) is 6.80. The number of nitrogens with one attached hydrogen (secondary N) is 2. The van der Waals surface area contributed by atoms with Gasteiger partial charge in [0.25, 0.3) is 11.8 Å². The molecule has 0 unspecified atom stereocenters. The average molecular weight is 347 g/mol. The monoisotopic (exact) mass is 347 g/mol. The first-order chi connectivity index (χ1) is 12.6. The molecule has 0 radical (unpaired) electrons. The number of carbonyl (C=O) groups is 2. The summed E-state index contributed by atoms with van der Waals surface area (Å²) in [6, 6.07) is 15.0. The number of aromatic nitrogens is 1. The number of likely N-dealkylation sites (tertiary alicyclic amines) is 1. The largest absolute Gasteiger partial charge is 0.351 e. The number of anilines is 1. The van der Waals surface area contributed by atoms with Gasteiger partial charge in [0.15, 0.2) is 0 Å². The third kappa shape index (κ3) is 3.20. The lowest BCUT2D eigenvalue weighted by Crippen LogP contribution is -2.27. The molecule has 3 aromatic rings. The van der Waals surface area contributed by atoms with E-state index in [4.69, 9.17) is 0 Å². The number of H-pyrrole nitrogens is 1. The number of hydrogen-bond acceptors (Lipinski definition) is 2. The third-order valence-electron chi connectivity index (χ3n) is 4.81. The van der Waals surface area contributed by atoms with Gasteiger partial charge in [-0.25, -0.2) is 0 Å². The maximum atomic E-state index is 12.5. The van der Waals surface area contributed by atoms with Crippen LogP contribution in [-0.4, -0.2) is 34.8 Å². The quantitative estimate of drug-likeness (QED) is 0.753. The first kappa shape index (κ1) is 16.4. The van der Waals surface area contributed by atoms with Crippen LogP contribution >= 0.6 is 0 Å². The number of fused-ring (bicyclic) bond motifs is 1. The van der Waals surface area contributed by atoms with Crippen molar-refractivity contribution in [3.05, 3.63) is 65.4 Å². The molecule has 2 heterocycles. The minimum absolute atomic E-state index is 0.0614. The molecule has 26 heavy (non-hydrogen) atoms. The Morgan fingerprint density at radius 1 is 1.00 bits per heavy atom. The van der Waals surface area contributed by atoms with Gasteiger partial charge in [0, 0.05) is 35.2 Å². The Kier molecular flexibility index (Phi) is 4.21. The maximum Gasteiger partial charge on any atom is 0.272 e. The van der Waals surface area contributed by atoms with E-state index in [2.05, 4.69) is 10.3 Å². The summed E-state index contributed by atoms with van der Waals surface area (Å²) >= 11 is 0. The van der Waals surface area contributed by atoms with E-state index in [0.717, 1.165) is 42.4 Å². The van der Waals surface area contributed by atoms with Crippen LogP contribution in [0.4, 0.5) is 5.69 Å². The Balaban J connectivity index is 1.47.